The molecular formula is C12H18N4O3S. The molecule has 0 aliphatic rings. The number of carboxylic acids is 1. The summed E-state index contributed by atoms with van der Waals surface area (Å²) >= 11 is 1.63. The summed E-state index contributed by atoms with van der Waals surface area (Å²) in [6.07, 6.45) is 4.94. The van der Waals surface area contributed by atoms with Gasteiger partial charge in [0.2, 0.25) is 0 Å². The predicted octanol–water partition coefficient (Wildman–Crippen LogP) is 0.624. The van der Waals surface area contributed by atoms with Crippen molar-refractivity contribution in [3.63, 3.8) is 0 Å². The number of hydrogen-bond donors (Lipinski definition) is 4. The SMILES string of the molecule is C=CCSCCNC(=O)NC(Cc1cnc[nH]1)C(=O)O. The Morgan fingerprint density at radius 3 is 3.00 bits per heavy atom. The second-order valence-corrected chi connectivity index (χ2v) is 5.09. The lowest BCUT2D eigenvalue weighted by molar-refractivity contribution is -0.139. The molecule has 2 amide bonds. The number of nitrogens with one attached hydrogen (secondary N) is 3. The standard InChI is InChI=1S/C12H18N4O3S/c1-2-4-20-5-3-14-12(19)16-10(11(17)18)6-9-7-13-8-15-9/h2,7-8,10H,1,3-6H2,(H,13,15)(H,17,18)(H2,14,16,19). The van der Waals surface area contributed by atoms with E-state index in [1.54, 1.807) is 17.8 Å². The van der Waals surface area contributed by atoms with Gasteiger partial charge in [-0.25, -0.2) is 14.6 Å². The van der Waals surface area contributed by atoms with Crippen LogP contribution in [0, 0.1) is 0 Å². The minimum Gasteiger partial charge on any atom is -0.480 e. The maximum Gasteiger partial charge on any atom is 0.326 e. The van der Waals surface area contributed by atoms with Crippen LogP contribution >= 0.6 is 11.8 Å². The van der Waals surface area contributed by atoms with Gasteiger partial charge >= 0.3 is 12.0 Å². The van der Waals surface area contributed by atoms with E-state index in [-0.39, 0.29) is 6.42 Å². The molecule has 0 saturated carbocycles. The minimum absolute atomic E-state index is 0.161. The maximum absolute atomic E-state index is 11.6. The van der Waals surface area contributed by atoms with Crippen LogP contribution in [0.4, 0.5) is 4.79 Å². The van der Waals surface area contributed by atoms with Crippen LogP contribution in [0.1, 0.15) is 5.69 Å². The molecule has 7 nitrogen and oxygen atoms in total. The third-order valence-corrected chi connectivity index (χ3v) is 3.31. The highest BCUT2D eigenvalue weighted by Gasteiger charge is 2.20. The number of carboxylic acid groups (broad SMARTS) is 1. The molecule has 0 saturated heterocycles. The first-order chi connectivity index (χ1) is 9.63. The lowest BCUT2D eigenvalue weighted by atomic mass is 10.2. The summed E-state index contributed by atoms with van der Waals surface area (Å²) in [4.78, 5) is 29.3. The van der Waals surface area contributed by atoms with Crippen LogP contribution in [0.3, 0.4) is 0 Å². The molecule has 1 aromatic heterocycles. The molecule has 1 aromatic rings. The van der Waals surface area contributed by atoms with Crippen LogP contribution in [0.15, 0.2) is 25.2 Å². The van der Waals surface area contributed by atoms with Crippen molar-refractivity contribution in [3.8, 4) is 0 Å². The van der Waals surface area contributed by atoms with Gasteiger partial charge in [0, 0.05) is 36.4 Å². The number of amides is 2. The fourth-order valence-electron chi connectivity index (χ4n) is 1.43. The topological polar surface area (TPSA) is 107 Å². The normalized spacial score (nSPS) is 11.6. The van der Waals surface area contributed by atoms with Crippen molar-refractivity contribution in [2.45, 2.75) is 12.5 Å². The van der Waals surface area contributed by atoms with Gasteiger partial charge < -0.3 is 20.7 Å². The molecule has 1 rings (SSSR count). The summed E-state index contributed by atoms with van der Waals surface area (Å²) in [7, 11) is 0. The molecule has 20 heavy (non-hydrogen) atoms. The zero-order valence-electron chi connectivity index (χ0n) is 11.0. The van der Waals surface area contributed by atoms with Gasteiger partial charge in [0.05, 0.1) is 6.33 Å². The van der Waals surface area contributed by atoms with Crippen molar-refractivity contribution >= 4 is 23.8 Å². The van der Waals surface area contributed by atoms with Crippen molar-refractivity contribution in [2.24, 2.45) is 0 Å². The number of aliphatic carboxylic acids is 1. The van der Waals surface area contributed by atoms with E-state index in [1.807, 2.05) is 0 Å². The minimum atomic E-state index is -1.09. The van der Waals surface area contributed by atoms with Crippen molar-refractivity contribution in [2.75, 3.05) is 18.1 Å². The number of thioether (sulfide) groups is 1. The molecule has 0 aliphatic carbocycles. The average Bonchev–Trinajstić information content (AvgIpc) is 2.90. The molecule has 1 unspecified atom stereocenters. The molecule has 8 heteroatoms. The number of aromatic amines is 1. The highest BCUT2D eigenvalue weighted by molar-refractivity contribution is 7.99. The second kappa shape index (κ2) is 9.03. The lowest BCUT2D eigenvalue weighted by Gasteiger charge is -2.14. The summed E-state index contributed by atoms with van der Waals surface area (Å²) < 4.78 is 0. The monoisotopic (exact) mass is 298 g/mol. The number of aromatic nitrogens is 2. The van der Waals surface area contributed by atoms with E-state index in [4.69, 9.17) is 5.11 Å². The van der Waals surface area contributed by atoms with E-state index in [0.29, 0.717) is 12.2 Å². The Kier molecular flexibility index (Phi) is 7.26. The van der Waals surface area contributed by atoms with E-state index in [2.05, 4.69) is 27.2 Å². The Balaban J connectivity index is 2.32. The highest BCUT2D eigenvalue weighted by atomic mass is 32.2. The molecule has 0 fully saturated rings. The average molecular weight is 298 g/mol. The third kappa shape index (κ3) is 6.28. The molecule has 0 aliphatic heterocycles. The van der Waals surface area contributed by atoms with Crippen molar-refractivity contribution < 1.29 is 14.7 Å². The Morgan fingerprint density at radius 2 is 2.40 bits per heavy atom. The van der Waals surface area contributed by atoms with E-state index in [0.717, 1.165) is 11.5 Å². The summed E-state index contributed by atoms with van der Waals surface area (Å²) in [5.74, 6) is 0.481. The quantitative estimate of drug-likeness (QED) is 0.395. The Labute approximate surface area is 121 Å². The van der Waals surface area contributed by atoms with Gasteiger partial charge in [-0.15, -0.1) is 6.58 Å². The summed E-state index contributed by atoms with van der Waals surface area (Å²) in [6, 6.07) is -1.48. The number of carbonyl (C=O) groups excluding carboxylic acids is 1. The Bertz CT molecular complexity index is 436. The number of imidazole rings is 1. The van der Waals surface area contributed by atoms with Crippen LogP contribution in [0.2, 0.25) is 0 Å². The van der Waals surface area contributed by atoms with Gasteiger partial charge in [0.25, 0.3) is 0 Å². The molecular weight excluding hydrogens is 280 g/mol. The third-order valence-electron chi connectivity index (χ3n) is 2.35. The summed E-state index contributed by atoms with van der Waals surface area (Å²) in [5.41, 5.74) is 0.652. The number of hydrogen-bond acceptors (Lipinski definition) is 4. The van der Waals surface area contributed by atoms with Crippen molar-refractivity contribution in [1.82, 2.24) is 20.6 Å². The fraction of sp³-hybridized carbons (Fsp3) is 0.417. The predicted molar refractivity (Wildman–Crippen MR) is 77.8 cm³/mol. The fourth-order valence-corrected chi connectivity index (χ4v) is 2.01. The van der Waals surface area contributed by atoms with Gasteiger partial charge in [-0.05, 0) is 0 Å². The number of urea groups is 1. The first-order valence-electron chi connectivity index (χ1n) is 6.06. The van der Waals surface area contributed by atoms with Gasteiger partial charge in [0.1, 0.15) is 6.04 Å². The number of rotatable bonds is 9. The molecule has 1 heterocycles. The Morgan fingerprint density at radius 1 is 1.60 bits per heavy atom. The van der Waals surface area contributed by atoms with E-state index in [1.165, 1.54) is 12.5 Å². The van der Waals surface area contributed by atoms with E-state index < -0.39 is 18.0 Å². The number of nitrogens with zero attached hydrogens (tertiary/aromatic N) is 1. The van der Waals surface area contributed by atoms with Crippen LogP contribution in [0.5, 0.6) is 0 Å². The second-order valence-electron chi connectivity index (χ2n) is 3.94. The number of H-pyrrole nitrogens is 1. The van der Waals surface area contributed by atoms with E-state index >= 15 is 0 Å². The van der Waals surface area contributed by atoms with Gasteiger partial charge in [-0.3, -0.25) is 0 Å². The smallest absolute Gasteiger partial charge is 0.326 e. The molecule has 110 valence electrons. The molecule has 0 bridgehead atoms. The molecule has 1 atom stereocenters. The summed E-state index contributed by atoms with van der Waals surface area (Å²) in [6.45, 7) is 4.07. The highest BCUT2D eigenvalue weighted by Crippen LogP contribution is 1.99. The largest absolute Gasteiger partial charge is 0.480 e. The first kappa shape index (κ1) is 16.1. The molecule has 0 spiro atoms. The van der Waals surface area contributed by atoms with Crippen LogP contribution in [-0.4, -0.2) is 51.2 Å². The first-order valence-corrected chi connectivity index (χ1v) is 7.22. The van der Waals surface area contributed by atoms with Crippen LogP contribution in [0.25, 0.3) is 0 Å². The van der Waals surface area contributed by atoms with E-state index in [9.17, 15) is 9.59 Å². The molecule has 4 N–H and O–H groups in total. The van der Waals surface area contributed by atoms with Crippen molar-refractivity contribution in [3.05, 3.63) is 30.9 Å². The zero-order chi connectivity index (χ0) is 14.8. The van der Waals surface area contributed by atoms with Crippen LogP contribution < -0.4 is 10.6 Å². The van der Waals surface area contributed by atoms with Crippen molar-refractivity contribution in [1.29, 1.82) is 0 Å². The van der Waals surface area contributed by atoms with Gasteiger partial charge in [-0.1, -0.05) is 6.08 Å². The molecule has 0 radical (unpaired) electrons. The zero-order valence-corrected chi connectivity index (χ0v) is 11.8. The summed E-state index contributed by atoms with van der Waals surface area (Å²) in [5, 5.41) is 14.1. The van der Waals surface area contributed by atoms with Crippen LogP contribution in [-0.2, 0) is 11.2 Å². The number of carbonyl (C=O) groups is 2. The Hall–Kier alpha value is -1.96. The maximum atomic E-state index is 11.6. The lowest BCUT2D eigenvalue weighted by Crippen LogP contribution is -2.47. The van der Waals surface area contributed by atoms with Gasteiger partial charge in [-0.2, -0.15) is 11.8 Å². The van der Waals surface area contributed by atoms with Gasteiger partial charge in [0.15, 0.2) is 0 Å². The molecule has 0 aromatic carbocycles.